The van der Waals surface area contributed by atoms with Crippen LogP contribution in [0.2, 0.25) is 0 Å². The Bertz CT molecular complexity index is 620. The quantitative estimate of drug-likeness (QED) is 0.845. The topological polar surface area (TPSA) is 32.3 Å². The zero-order valence-corrected chi connectivity index (χ0v) is 15.1. The van der Waals surface area contributed by atoms with Gasteiger partial charge in [-0.05, 0) is 36.9 Å². The van der Waals surface area contributed by atoms with E-state index in [-0.39, 0.29) is 11.9 Å². The van der Waals surface area contributed by atoms with E-state index in [0.717, 1.165) is 24.3 Å². The van der Waals surface area contributed by atoms with Gasteiger partial charge in [0.15, 0.2) is 0 Å². The zero-order chi connectivity index (χ0) is 16.8. The molecular formula is C20H26N2OS. The van der Waals surface area contributed by atoms with Crippen molar-refractivity contribution in [1.82, 2.24) is 10.2 Å². The Morgan fingerprint density at radius 2 is 1.92 bits per heavy atom. The number of nitrogens with one attached hydrogen (secondary N) is 1. The van der Waals surface area contributed by atoms with Crippen LogP contribution in [-0.2, 0) is 11.3 Å². The minimum atomic E-state index is -0.216. The number of amides is 1. The first-order valence-electron chi connectivity index (χ1n) is 8.82. The Hall–Kier alpha value is -1.65. The van der Waals surface area contributed by atoms with Crippen molar-refractivity contribution in [1.29, 1.82) is 0 Å². The van der Waals surface area contributed by atoms with Crippen LogP contribution in [-0.4, -0.2) is 23.9 Å². The molecule has 1 unspecified atom stereocenters. The van der Waals surface area contributed by atoms with Gasteiger partial charge in [0.05, 0.1) is 0 Å². The van der Waals surface area contributed by atoms with Crippen molar-refractivity contribution in [2.45, 2.75) is 50.7 Å². The molecule has 0 saturated heterocycles. The van der Waals surface area contributed by atoms with E-state index in [2.05, 4.69) is 28.4 Å². The smallest absolute Gasteiger partial charge is 0.243 e. The molecule has 1 heterocycles. The fourth-order valence-electron chi connectivity index (χ4n) is 3.48. The minimum absolute atomic E-state index is 0.141. The number of hydrogen-bond acceptors (Lipinski definition) is 3. The van der Waals surface area contributed by atoms with Crippen LogP contribution in [0, 0.1) is 0 Å². The van der Waals surface area contributed by atoms with Crippen LogP contribution >= 0.6 is 11.3 Å². The Balaban J connectivity index is 1.72. The van der Waals surface area contributed by atoms with Gasteiger partial charge in [-0.3, -0.25) is 9.69 Å². The first-order valence-corrected chi connectivity index (χ1v) is 9.70. The lowest BCUT2D eigenvalue weighted by Gasteiger charge is -2.30. The molecule has 3 nitrogen and oxygen atoms in total. The minimum Gasteiger partial charge on any atom is -0.352 e. The van der Waals surface area contributed by atoms with E-state index in [1.807, 2.05) is 36.7 Å². The van der Waals surface area contributed by atoms with Crippen LogP contribution in [0.1, 0.15) is 48.6 Å². The van der Waals surface area contributed by atoms with Crippen molar-refractivity contribution in [2.75, 3.05) is 7.05 Å². The molecule has 1 saturated carbocycles. The molecule has 1 amide bonds. The molecule has 128 valence electrons. The van der Waals surface area contributed by atoms with E-state index in [4.69, 9.17) is 0 Å². The summed E-state index contributed by atoms with van der Waals surface area (Å²) >= 11 is 1.66. The summed E-state index contributed by atoms with van der Waals surface area (Å²) in [7, 11) is 2.04. The molecule has 1 fully saturated rings. The van der Waals surface area contributed by atoms with Gasteiger partial charge in [-0.15, -0.1) is 11.3 Å². The molecule has 2 aromatic rings. The number of benzene rings is 1. The number of nitrogens with zero attached hydrogens (tertiary/aromatic N) is 1. The number of hydrogen-bond donors (Lipinski definition) is 1. The van der Waals surface area contributed by atoms with Gasteiger partial charge in [0.1, 0.15) is 6.04 Å². The molecule has 0 bridgehead atoms. The van der Waals surface area contributed by atoms with Crippen LogP contribution in [0.5, 0.6) is 0 Å². The molecule has 1 aliphatic carbocycles. The Morgan fingerprint density at radius 1 is 1.17 bits per heavy atom. The predicted octanol–water partition coefficient (Wildman–Crippen LogP) is 4.37. The van der Waals surface area contributed by atoms with Gasteiger partial charge >= 0.3 is 0 Å². The summed E-state index contributed by atoms with van der Waals surface area (Å²) in [6.45, 7) is 0.765. The van der Waals surface area contributed by atoms with Gasteiger partial charge in [0.25, 0.3) is 0 Å². The molecule has 1 aliphatic rings. The third kappa shape index (κ3) is 4.46. The maximum atomic E-state index is 13.0. The SMILES string of the molecule is CN(Cc1ccccc1)C(C(=O)NC1CCCCC1)c1cccs1. The van der Waals surface area contributed by atoms with Crippen LogP contribution in [0.3, 0.4) is 0 Å². The van der Waals surface area contributed by atoms with Gasteiger partial charge in [-0.1, -0.05) is 55.7 Å². The highest BCUT2D eigenvalue weighted by atomic mass is 32.1. The van der Waals surface area contributed by atoms with Gasteiger partial charge in [0, 0.05) is 17.5 Å². The highest BCUT2D eigenvalue weighted by molar-refractivity contribution is 7.10. The highest BCUT2D eigenvalue weighted by Crippen LogP contribution is 2.27. The molecule has 0 spiro atoms. The fraction of sp³-hybridized carbons (Fsp3) is 0.450. The van der Waals surface area contributed by atoms with Crippen molar-refractivity contribution in [3.63, 3.8) is 0 Å². The summed E-state index contributed by atoms with van der Waals surface area (Å²) in [5.74, 6) is 0.141. The highest BCUT2D eigenvalue weighted by Gasteiger charge is 2.28. The third-order valence-corrected chi connectivity index (χ3v) is 5.65. The lowest BCUT2D eigenvalue weighted by atomic mass is 9.95. The molecule has 0 aliphatic heterocycles. The summed E-state index contributed by atoms with van der Waals surface area (Å²) in [6.07, 6.45) is 5.99. The first-order chi connectivity index (χ1) is 11.7. The average molecular weight is 343 g/mol. The molecule has 0 radical (unpaired) electrons. The van der Waals surface area contributed by atoms with Gasteiger partial charge in [-0.25, -0.2) is 0 Å². The summed E-state index contributed by atoms with van der Waals surface area (Å²) < 4.78 is 0. The van der Waals surface area contributed by atoms with Crippen molar-refractivity contribution >= 4 is 17.2 Å². The van der Waals surface area contributed by atoms with E-state index < -0.39 is 0 Å². The van der Waals surface area contributed by atoms with Crippen LogP contribution in [0.4, 0.5) is 0 Å². The standard InChI is InChI=1S/C20H26N2OS/c1-22(15-16-9-4-2-5-10-16)19(18-13-8-14-24-18)20(23)21-17-11-6-3-7-12-17/h2,4-5,8-10,13-14,17,19H,3,6-7,11-12,15H2,1H3,(H,21,23). The summed E-state index contributed by atoms with van der Waals surface area (Å²) in [5, 5.41) is 5.35. The molecule has 3 rings (SSSR count). The molecular weight excluding hydrogens is 316 g/mol. The van der Waals surface area contributed by atoms with Crippen molar-refractivity contribution in [3.8, 4) is 0 Å². The first kappa shape index (κ1) is 17.2. The van der Waals surface area contributed by atoms with Gasteiger partial charge in [-0.2, -0.15) is 0 Å². The van der Waals surface area contributed by atoms with Crippen LogP contribution in [0.15, 0.2) is 47.8 Å². The van der Waals surface area contributed by atoms with E-state index in [1.165, 1.54) is 24.8 Å². The monoisotopic (exact) mass is 342 g/mol. The van der Waals surface area contributed by atoms with Crippen molar-refractivity contribution in [2.24, 2.45) is 0 Å². The predicted molar refractivity (Wildman–Crippen MR) is 100.0 cm³/mol. The van der Waals surface area contributed by atoms with E-state index in [1.54, 1.807) is 11.3 Å². The Morgan fingerprint density at radius 3 is 2.58 bits per heavy atom. The zero-order valence-electron chi connectivity index (χ0n) is 14.3. The lowest BCUT2D eigenvalue weighted by Crippen LogP contribution is -2.43. The fourth-order valence-corrected chi connectivity index (χ4v) is 4.37. The second-order valence-corrected chi connectivity index (χ2v) is 7.64. The van der Waals surface area contributed by atoms with E-state index >= 15 is 0 Å². The molecule has 1 aromatic carbocycles. The van der Waals surface area contributed by atoms with Gasteiger partial charge in [0.2, 0.25) is 5.91 Å². The number of thiophene rings is 1. The summed E-state index contributed by atoms with van der Waals surface area (Å²) in [5.41, 5.74) is 1.23. The second kappa shape index (κ2) is 8.45. The number of likely N-dealkylation sites (N-methyl/N-ethyl adjacent to an activating group) is 1. The van der Waals surface area contributed by atoms with Crippen LogP contribution < -0.4 is 5.32 Å². The number of carbonyl (C=O) groups excluding carboxylic acids is 1. The maximum absolute atomic E-state index is 13.0. The molecule has 1 N–H and O–H groups in total. The van der Waals surface area contributed by atoms with Crippen molar-refractivity contribution < 1.29 is 4.79 Å². The summed E-state index contributed by atoms with van der Waals surface area (Å²) in [4.78, 5) is 16.3. The molecule has 1 atom stereocenters. The molecule has 24 heavy (non-hydrogen) atoms. The normalized spacial score (nSPS) is 16.9. The second-order valence-electron chi connectivity index (χ2n) is 6.66. The van der Waals surface area contributed by atoms with Crippen LogP contribution in [0.25, 0.3) is 0 Å². The van der Waals surface area contributed by atoms with Crippen molar-refractivity contribution in [3.05, 3.63) is 58.3 Å². The summed E-state index contributed by atoms with van der Waals surface area (Å²) in [6, 6.07) is 14.6. The number of carbonyl (C=O) groups is 1. The molecule has 1 aromatic heterocycles. The average Bonchev–Trinajstić information content (AvgIpc) is 3.11. The Kier molecular flexibility index (Phi) is 6.05. The largest absolute Gasteiger partial charge is 0.352 e. The van der Waals surface area contributed by atoms with Gasteiger partial charge < -0.3 is 5.32 Å². The maximum Gasteiger partial charge on any atom is 0.243 e. The Labute approximate surface area is 148 Å². The third-order valence-electron chi connectivity index (χ3n) is 4.73. The lowest BCUT2D eigenvalue weighted by molar-refractivity contribution is -0.127. The van der Waals surface area contributed by atoms with E-state index in [0.29, 0.717) is 6.04 Å². The molecule has 4 heteroatoms. The number of rotatable bonds is 6. The van der Waals surface area contributed by atoms with E-state index in [9.17, 15) is 4.79 Å².